The molecular weight excluding hydrogens is 456 g/mol. The molecule has 0 atom stereocenters. The van der Waals surface area contributed by atoms with Crippen molar-refractivity contribution in [2.45, 2.75) is 25.7 Å². The van der Waals surface area contributed by atoms with Gasteiger partial charge in [0.05, 0.1) is 23.3 Å². The third kappa shape index (κ3) is 5.45. The molecule has 10 heteroatoms. The van der Waals surface area contributed by atoms with Crippen LogP contribution < -0.4 is 9.62 Å². The number of aryl methyl sites for hydroxylation is 2. The Labute approximate surface area is 199 Å². The molecule has 1 heterocycles. The average molecular weight is 485 g/mol. The van der Waals surface area contributed by atoms with E-state index in [9.17, 15) is 18.0 Å². The van der Waals surface area contributed by atoms with E-state index in [1.807, 2.05) is 20.8 Å². The number of carbonyl (C=O) groups excluding carboxylic acids is 2. The minimum Gasteiger partial charge on any atom is -0.462 e. The predicted molar refractivity (Wildman–Crippen MR) is 129 cm³/mol. The van der Waals surface area contributed by atoms with Gasteiger partial charge in [0.1, 0.15) is 5.56 Å². The van der Waals surface area contributed by atoms with E-state index in [2.05, 4.69) is 10.4 Å². The molecule has 9 nitrogen and oxygen atoms in total. The minimum absolute atomic E-state index is 0.0844. The summed E-state index contributed by atoms with van der Waals surface area (Å²) < 4.78 is 33.8. The van der Waals surface area contributed by atoms with Crippen molar-refractivity contribution in [1.29, 1.82) is 0 Å². The zero-order valence-electron chi connectivity index (χ0n) is 19.8. The molecule has 1 N–H and O–H groups in total. The molecule has 0 fully saturated rings. The van der Waals surface area contributed by atoms with E-state index in [0.29, 0.717) is 17.9 Å². The second kappa shape index (κ2) is 10.1. The highest BCUT2D eigenvalue weighted by atomic mass is 32.2. The van der Waals surface area contributed by atoms with Crippen molar-refractivity contribution in [1.82, 2.24) is 9.78 Å². The number of hydrogen-bond donors (Lipinski definition) is 1. The summed E-state index contributed by atoms with van der Waals surface area (Å²) in [4.78, 5) is 25.2. The Balaban J connectivity index is 1.80. The van der Waals surface area contributed by atoms with Crippen LogP contribution in [0, 0.1) is 12.8 Å². The van der Waals surface area contributed by atoms with Crippen LogP contribution in [0.3, 0.4) is 0 Å². The number of rotatable bonds is 8. The zero-order valence-corrected chi connectivity index (χ0v) is 20.6. The Bertz CT molecular complexity index is 1280. The highest BCUT2D eigenvalue weighted by Crippen LogP contribution is 2.26. The van der Waals surface area contributed by atoms with Crippen LogP contribution in [0.2, 0.25) is 0 Å². The second-order valence-corrected chi connectivity index (χ2v) is 10.3. The van der Waals surface area contributed by atoms with Crippen molar-refractivity contribution >= 4 is 33.4 Å². The summed E-state index contributed by atoms with van der Waals surface area (Å²) in [6.45, 7) is 6.08. The number of carbonyl (C=O) groups is 2. The second-order valence-electron chi connectivity index (χ2n) is 8.31. The molecule has 34 heavy (non-hydrogen) atoms. The molecule has 0 saturated carbocycles. The topological polar surface area (TPSA) is 111 Å². The van der Waals surface area contributed by atoms with E-state index in [1.54, 1.807) is 43.4 Å². The Morgan fingerprint density at radius 2 is 1.71 bits per heavy atom. The van der Waals surface area contributed by atoms with Gasteiger partial charge in [0.25, 0.3) is 15.9 Å². The van der Waals surface area contributed by atoms with Crippen LogP contribution >= 0.6 is 0 Å². The summed E-state index contributed by atoms with van der Waals surface area (Å²) in [7, 11) is -0.980. The lowest BCUT2D eigenvalue weighted by molar-refractivity contribution is 0.0459. The zero-order chi connectivity index (χ0) is 25.0. The van der Waals surface area contributed by atoms with Crippen molar-refractivity contribution in [3.63, 3.8) is 0 Å². The van der Waals surface area contributed by atoms with E-state index in [1.165, 1.54) is 30.1 Å². The molecule has 0 aliphatic rings. The number of nitrogens with one attached hydrogen (secondary N) is 1. The van der Waals surface area contributed by atoms with Crippen molar-refractivity contribution in [3.05, 3.63) is 71.4 Å². The third-order valence-corrected chi connectivity index (χ3v) is 6.82. The molecule has 180 valence electrons. The van der Waals surface area contributed by atoms with Crippen LogP contribution in [0.15, 0.2) is 59.6 Å². The van der Waals surface area contributed by atoms with E-state index in [-0.39, 0.29) is 22.2 Å². The quantitative estimate of drug-likeness (QED) is 0.489. The lowest BCUT2D eigenvalue weighted by Crippen LogP contribution is -2.30. The first-order chi connectivity index (χ1) is 16.0. The summed E-state index contributed by atoms with van der Waals surface area (Å²) in [5.74, 6) is -0.635. The van der Waals surface area contributed by atoms with Crippen LogP contribution in [0.1, 0.15) is 40.1 Å². The van der Waals surface area contributed by atoms with Gasteiger partial charge in [-0.15, -0.1) is 0 Å². The highest BCUT2D eigenvalue weighted by molar-refractivity contribution is 7.92. The van der Waals surface area contributed by atoms with Gasteiger partial charge in [0.2, 0.25) is 0 Å². The third-order valence-electron chi connectivity index (χ3n) is 5.06. The van der Waals surface area contributed by atoms with Crippen LogP contribution in [0.4, 0.5) is 11.5 Å². The highest BCUT2D eigenvalue weighted by Gasteiger charge is 2.28. The number of hydrogen-bond acceptors (Lipinski definition) is 6. The molecule has 0 saturated heterocycles. The monoisotopic (exact) mass is 484 g/mol. The summed E-state index contributed by atoms with van der Waals surface area (Å²) in [5, 5.41) is 6.80. The van der Waals surface area contributed by atoms with Gasteiger partial charge in [-0.3, -0.25) is 13.8 Å². The number of esters is 1. The van der Waals surface area contributed by atoms with E-state index in [0.717, 1.165) is 9.87 Å². The standard InChI is InChI=1S/C24H28N4O5S/c1-16(2)15-33-24(30)18-8-10-19(11-9-18)26-22(29)21-14-25-27(4)23(21)28(5)34(31,32)20-12-6-17(3)7-13-20/h6-14,16H,15H2,1-5H3,(H,26,29). The molecule has 3 aromatic rings. The fourth-order valence-corrected chi connectivity index (χ4v) is 4.40. The number of anilines is 2. The van der Waals surface area contributed by atoms with Gasteiger partial charge in [-0.1, -0.05) is 31.5 Å². The predicted octanol–water partition coefficient (Wildman–Crippen LogP) is 3.62. The maximum Gasteiger partial charge on any atom is 0.338 e. The van der Waals surface area contributed by atoms with Crippen LogP contribution in [0.5, 0.6) is 0 Å². The number of sulfonamides is 1. The summed E-state index contributed by atoms with van der Waals surface area (Å²) in [6.07, 6.45) is 1.31. The average Bonchev–Trinajstić information content (AvgIpc) is 3.19. The van der Waals surface area contributed by atoms with Gasteiger partial charge < -0.3 is 10.1 Å². The Kier molecular flexibility index (Phi) is 7.41. The Morgan fingerprint density at radius 1 is 1.09 bits per heavy atom. The summed E-state index contributed by atoms with van der Waals surface area (Å²) in [5.41, 5.74) is 1.82. The van der Waals surface area contributed by atoms with Crippen LogP contribution in [-0.4, -0.2) is 43.7 Å². The van der Waals surface area contributed by atoms with Crippen molar-refractivity contribution in [2.24, 2.45) is 13.0 Å². The molecule has 1 amide bonds. The molecular formula is C24H28N4O5S. The maximum atomic E-state index is 13.1. The van der Waals surface area contributed by atoms with Crippen LogP contribution in [0.25, 0.3) is 0 Å². The van der Waals surface area contributed by atoms with Gasteiger partial charge in [-0.2, -0.15) is 5.10 Å². The maximum absolute atomic E-state index is 13.1. The number of nitrogens with zero attached hydrogens (tertiary/aromatic N) is 3. The van der Waals surface area contributed by atoms with E-state index in [4.69, 9.17) is 4.74 Å². The normalized spacial score (nSPS) is 11.4. The SMILES string of the molecule is Cc1ccc(S(=O)(=O)N(C)c2c(C(=O)Nc3ccc(C(=O)OCC(C)C)cc3)cnn2C)cc1. The molecule has 2 aromatic carbocycles. The molecule has 0 aliphatic carbocycles. The Hall–Kier alpha value is -3.66. The molecule has 0 radical (unpaired) electrons. The van der Waals surface area contributed by atoms with Crippen molar-refractivity contribution in [2.75, 3.05) is 23.3 Å². The van der Waals surface area contributed by atoms with Crippen molar-refractivity contribution < 1.29 is 22.7 Å². The van der Waals surface area contributed by atoms with E-state index < -0.39 is 21.9 Å². The molecule has 3 rings (SSSR count). The fraction of sp³-hybridized carbons (Fsp3) is 0.292. The van der Waals surface area contributed by atoms with Crippen LogP contribution in [-0.2, 0) is 21.8 Å². The lowest BCUT2D eigenvalue weighted by Gasteiger charge is -2.21. The Morgan fingerprint density at radius 3 is 2.29 bits per heavy atom. The molecule has 0 bridgehead atoms. The summed E-state index contributed by atoms with van der Waals surface area (Å²) >= 11 is 0. The first kappa shape index (κ1) is 25.0. The molecule has 0 unspecified atom stereocenters. The number of benzene rings is 2. The van der Waals surface area contributed by atoms with Gasteiger partial charge in [-0.25, -0.2) is 13.2 Å². The van der Waals surface area contributed by atoms with Gasteiger partial charge in [-0.05, 0) is 49.2 Å². The smallest absolute Gasteiger partial charge is 0.338 e. The van der Waals surface area contributed by atoms with Gasteiger partial charge in [0.15, 0.2) is 5.82 Å². The minimum atomic E-state index is -3.92. The summed E-state index contributed by atoms with van der Waals surface area (Å²) in [6, 6.07) is 12.7. The van der Waals surface area contributed by atoms with Gasteiger partial charge >= 0.3 is 5.97 Å². The van der Waals surface area contributed by atoms with Gasteiger partial charge in [0, 0.05) is 19.8 Å². The largest absolute Gasteiger partial charge is 0.462 e. The number of ether oxygens (including phenoxy) is 1. The molecule has 0 aliphatic heterocycles. The number of amides is 1. The van der Waals surface area contributed by atoms with Crippen molar-refractivity contribution in [3.8, 4) is 0 Å². The molecule has 1 aromatic heterocycles. The number of aromatic nitrogens is 2. The first-order valence-electron chi connectivity index (χ1n) is 10.7. The fourth-order valence-electron chi connectivity index (χ4n) is 3.16. The lowest BCUT2D eigenvalue weighted by atomic mass is 10.2. The first-order valence-corrected chi connectivity index (χ1v) is 12.1. The molecule has 0 spiro atoms. The van der Waals surface area contributed by atoms with E-state index >= 15 is 0 Å².